The number of carbonyl (C=O) groups is 1. The molecule has 4 rings (SSSR count). The predicted octanol–water partition coefficient (Wildman–Crippen LogP) is 2.09. The second-order valence-corrected chi connectivity index (χ2v) is 6.75. The van der Waals surface area contributed by atoms with E-state index in [9.17, 15) is 14.0 Å². The highest BCUT2D eigenvalue weighted by molar-refractivity contribution is 6.02. The Bertz CT molecular complexity index is 1110. The van der Waals surface area contributed by atoms with Crippen LogP contribution in [-0.4, -0.2) is 38.7 Å². The van der Waals surface area contributed by atoms with E-state index in [-0.39, 0.29) is 23.8 Å². The molecule has 26 heavy (non-hydrogen) atoms. The van der Waals surface area contributed by atoms with E-state index in [1.165, 1.54) is 16.8 Å². The molecule has 0 aliphatic carbocycles. The van der Waals surface area contributed by atoms with E-state index in [0.717, 1.165) is 5.52 Å². The predicted molar refractivity (Wildman–Crippen MR) is 95.9 cm³/mol. The molecule has 0 fully saturated rings. The van der Waals surface area contributed by atoms with Gasteiger partial charge in [-0.25, -0.2) is 9.07 Å². The summed E-state index contributed by atoms with van der Waals surface area (Å²) in [5.41, 5.74) is 3.04. The summed E-state index contributed by atoms with van der Waals surface area (Å²) in [7, 11) is 1.76. The summed E-state index contributed by atoms with van der Waals surface area (Å²) in [6, 6.07) is 6.12. The van der Waals surface area contributed by atoms with Gasteiger partial charge in [0.25, 0.3) is 11.5 Å². The molecule has 134 valence electrons. The topological polar surface area (TPSA) is 60.1 Å². The van der Waals surface area contributed by atoms with Crippen molar-refractivity contribution in [2.24, 2.45) is 0 Å². The Morgan fingerprint density at radius 2 is 1.96 bits per heavy atom. The molecule has 0 unspecified atom stereocenters. The minimum atomic E-state index is -0.350. The Morgan fingerprint density at radius 1 is 1.19 bits per heavy atom. The molecule has 6 nitrogen and oxygen atoms in total. The van der Waals surface area contributed by atoms with E-state index in [1.54, 1.807) is 31.0 Å². The van der Waals surface area contributed by atoms with Gasteiger partial charge < -0.3 is 9.47 Å². The molecule has 3 aromatic rings. The summed E-state index contributed by atoms with van der Waals surface area (Å²) in [5, 5.41) is 4.95. The number of hydrogen-bond donors (Lipinski definition) is 0. The van der Waals surface area contributed by atoms with Crippen molar-refractivity contribution < 1.29 is 9.18 Å². The number of benzene rings is 1. The lowest BCUT2D eigenvalue weighted by molar-refractivity contribution is 0.0750. The third kappa shape index (κ3) is 2.34. The second-order valence-electron chi connectivity index (χ2n) is 6.75. The third-order valence-corrected chi connectivity index (χ3v) is 5.00. The first-order chi connectivity index (χ1) is 12.4. The highest BCUT2D eigenvalue weighted by Crippen LogP contribution is 2.28. The molecule has 2 aromatic heterocycles. The van der Waals surface area contributed by atoms with Gasteiger partial charge in [0, 0.05) is 20.1 Å². The fourth-order valence-corrected chi connectivity index (χ4v) is 3.73. The van der Waals surface area contributed by atoms with Gasteiger partial charge in [-0.2, -0.15) is 5.10 Å². The summed E-state index contributed by atoms with van der Waals surface area (Å²) in [6.45, 7) is 5.05. The van der Waals surface area contributed by atoms with Crippen LogP contribution in [-0.2, 0) is 13.1 Å². The molecule has 0 saturated carbocycles. The van der Waals surface area contributed by atoms with Crippen LogP contribution in [0.1, 0.15) is 27.3 Å². The quantitative estimate of drug-likeness (QED) is 0.708. The van der Waals surface area contributed by atoms with Crippen molar-refractivity contribution >= 4 is 16.8 Å². The highest BCUT2D eigenvalue weighted by Gasteiger charge is 2.29. The van der Waals surface area contributed by atoms with Crippen molar-refractivity contribution in [3.8, 4) is 0 Å². The molecule has 0 radical (unpaired) electrons. The Hall–Kier alpha value is -2.96. The summed E-state index contributed by atoms with van der Waals surface area (Å²) < 4.78 is 16.7. The Balaban J connectivity index is 1.94. The van der Waals surface area contributed by atoms with Gasteiger partial charge >= 0.3 is 0 Å². The molecule has 0 bridgehead atoms. The maximum absolute atomic E-state index is 13.4. The van der Waals surface area contributed by atoms with E-state index < -0.39 is 0 Å². The van der Waals surface area contributed by atoms with Crippen LogP contribution in [0.3, 0.4) is 0 Å². The molecule has 7 heteroatoms. The van der Waals surface area contributed by atoms with Gasteiger partial charge in [0.1, 0.15) is 11.5 Å². The smallest absolute Gasteiger partial charge is 0.276 e. The minimum absolute atomic E-state index is 0.0829. The van der Waals surface area contributed by atoms with E-state index in [2.05, 4.69) is 5.10 Å². The Labute approximate surface area is 149 Å². The zero-order valence-electron chi connectivity index (χ0n) is 14.9. The molecule has 1 aliphatic heterocycles. The van der Waals surface area contributed by atoms with Gasteiger partial charge in [0.15, 0.2) is 0 Å². The molecule has 0 atom stereocenters. The van der Waals surface area contributed by atoms with Gasteiger partial charge in [-0.1, -0.05) is 12.1 Å². The zero-order valence-corrected chi connectivity index (χ0v) is 14.9. The average molecular weight is 354 g/mol. The molecular weight excluding hydrogens is 335 g/mol. The molecule has 1 aliphatic rings. The first-order valence-corrected chi connectivity index (χ1v) is 8.49. The van der Waals surface area contributed by atoms with Crippen LogP contribution >= 0.6 is 0 Å². The van der Waals surface area contributed by atoms with Crippen LogP contribution in [0.25, 0.3) is 10.9 Å². The minimum Gasteiger partial charge on any atom is -0.339 e. The number of likely N-dealkylation sites (N-methyl/N-ethyl adjacent to an activating group) is 1. The van der Waals surface area contributed by atoms with Gasteiger partial charge in [-0.15, -0.1) is 0 Å². The van der Waals surface area contributed by atoms with Crippen molar-refractivity contribution in [1.82, 2.24) is 19.2 Å². The normalized spacial score (nSPS) is 14.2. The lowest BCUT2D eigenvalue weighted by atomic mass is 10.1. The summed E-state index contributed by atoms with van der Waals surface area (Å²) in [5.74, 6) is -0.432. The third-order valence-electron chi connectivity index (χ3n) is 5.00. The Kier molecular flexibility index (Phi) is 3.68. The van der Waals surface area contributed by atoms with E-state index in [0.29, 0.717) is 41.0 Å². The number of aromatic nitrogens is 3. The molecule has 1 aromatic carbocycles. The number of hydrogen-bond acceptors (Lipinski definition) is 3. The second kappa shape index (κ2) is 5.79. The van der Waals surface area contributed by atoms with Crippen molar-refractivity contribution in [3.05, 3.63) is 63.0 Å². The summed E-state index contributed by atoms with van der Waals surface area (Å²) in [4.78, 5) is 27.3. The molecule has 1 amide bonds. The standard InChI is InChI=1S/C19H19FN4O2/c1-11-15-17(23-8-7-22(3)19(26)16(11)23)12(2)21-24(18(15)25)10-13-5-4-6-14(20)9-13/h4-6,9H,7-8,10H2,1-3H3. The van der Waals surface area contributed by atoms with Crippen molar-refractivity contribution in [2.75, 3.05) is 13.6 Å². The van der Waals surface area contributed by atoms with Crippen LogP contribution in [0.5, 0.6) is 0 Å². The number of carbonyl (C=O) groups excluding carboxylic acids is 1. The summed E-state index contributed by atoms with van der Waals surface area (Å²) in [6.07, 6.45) is 0. The number of halogens is 1. The van der Waals surface area contributed by atoms with Crippen LogP contribution in [0.15, 0.2) is 29.1 Å². The molecule has 0 saturated heterocycles. The fraction of sp³-hybridized carbons (Fsp3) is 0.316. The van der Waals surface area contributed by atoms with E-state index in [1.807, 2.05) is 11.5 Å². The van der Waals surface area contributed by atoms with E-state index >= 15 is 0 Å². The van der Waals surface area contributed by atoms with Gasteiger partial charge in [0.05, 0.1) is 23.1 Å². The maximum Gasteiger partial charge on any atom is 0.276 e. The Morgan fingerprint density at radius 3 is 2.69 bits per heavy atom. The number of rotatable bonds is 2. The summed E-state index contributed by atoms with van der Waals surface area (Å²) >= 11 is 0. The van der Waals surface area contributed by atoms with Crippen molar-refractivity contribution in [2.45, 2.75) is 26.9 Å². The number of fused-ring (bicyclic) bond motifs is 3. The SMILES string of the molecule is Cc1c2n(c3c(C)nn(Cc4cccc(F)c4)c(=O)c13)CCN(C)C2=O. The van der Waals surface area contributed by atoms with Crippen LogP contribution in [0.4, 0.5) is 4.39 Å². The number of aryl methyl sites for hydroxylation is 2. The van der Waals surface area contributed by atoms with Gasteiger partial charge in [-0.3, -0.25) is 9.59 Å². The molecule has 0 N–H and O–H groups in total. The lowest BCUT2D eigenvalue weighted by Gasteiger charge is -2.25. The van der Waals surface area contributed by atoms with Crippen LogP contribution in [0, 0.1) is 19.7 Å². The largest absolute Gasteiger partial charge is 0.339 e. The first kappa shape index (κ1) is 16.5. The molecule has 3 heterocycles. The molecule has 0 spiro atoms. The fourth-order valence-electron chi connectivity index (χ4n) is 3.73. The van der Waals surface area contributed by atoms with Crippen molar-refractivity contribution in [3.63, 3.8) is 0 Å². The molecular formula is C19H19FN4O2. The lowest BCUT2D eigenvalue weighted by Crippen LogP contribution is -2.37. The van der Waals surface area contributed by atoms with E-state index in [4.69, 9.17) is 0 Å². The average Bonchev–Trinajstić information content (AvgIpc) is 2.90. The highest BCUT2D eigenvalue weighted by atomic mass is 19.1. The first-order valence-electron chi connectivity index (χ1n) is 8.49. The van der Waals surface area contributed by atoms with Crippen LogP contribution < -0.4 is 5.56 Å². The number of amides is 1. The van der Waals surface area contributed by atoms with Gasteiger partial charge in [0.2, 0.25) is 0 Å². The van der Waals surface area contributed by atoms with Crippen LogP contribution in [0.2, 0.25) is 0 Å². The maximum atomic E-state index is 13.4. The van der Waals surface area contributed by atoms with Crippen molar-refractivity contribution in [1.29, 1.82) is 0 Å². The van der Waals surface area contributed by atoms with Gasteiger partial charge in [-0.05, 0) is 37.1 Å². The number of nitrogens with zero attached hydrogens (tertiary/aromatic N) is 4. The monoisotopic (exact) mass is 354 g/mol. The zero-order chi connectivity index (χ0) is 18.6.